The molecule has 1 aromatic carbocycles. The van der Waals surface area contributed by atoms with Crippen molar-refractivity contribution in [3.8, 4) is 0 Å². The summed E-state index contributed by atoms with van der Waals surface area (Å²) in [6, 6.07) is 6.69. The fourth-order valence-electron chi connectivity index (χ4n) is 3.25. The molecule has 1 aliphatic carbocycles. The van der Waals surface area contributed by atoms with Gasteiger partial charge in [0.25, 0.3) is 0 Å². The van der Waals surface area contributed by atoms with Gasteiger partial charge in [-0.25, -0.2) is 13.1 Å². The molecule has 0 unspecified atom stereocenters. The monoisotopic (exact) mass is 337 g/mol. The maximum absolute atomic E-state index is 12.5. The van der Waals surface area contributed by atoms with Crippen LogP contribution in [0.15, 0.2) is 29.2 Å². The van der Waals surface area contributed by atoms with Gasteiger partial charge in [0.1, 0.15) is 0 Å². The molecule has 3 N–H and O–H groups in total. The Morgan fingerprint density at radius 2 is 1.74 bits per heavy atom. The molecule has 0 spiro atoms. The fraction of sp³-hybridized carbons (Fsp3) is 0.562. The number of sulfonamides is 1. The Morgan fingerprint density at radius 3 is 2.30 bits per heavy atom. The molecule has 2 fully saturated rings. The normalized spacial score (nSPS) is 25.8. The van der Waals surface area contributed by atoms with E-state index in [-0.39, 0.29) is 22.9 Å². The van der Waals surface area contributed by atoms with Gasteiger partial charge in [0.05, 0.1) is 4.90 Å². The summed E-state index contributed by atoms with van der Waals surface area (Å²) in [6.07, 6.45) is 4.67. The lowest BCUT2D eigenvalue weighted by Crippen LogP contribution is -2.40. The SMILES string of the molecule is NC1CCC(NS(=O)(=O)c2ccc(N3CCCC3=O)cc2)CC1. The van der Waals surface area contributed by atoms with E-state index >= 15 is 0 Å². The van der Waals surface area contributed by atoms with E-state index in [1.165, 1.54) is 0 Å². The topological polar surface area (TPSA) is 92.5 Å². The summed E-state index contributed by atoms with van der Waals surface area (Å²) < 4.78 is 27.7. The number of carbonyl (C=O) groups is 1. The van der Waals surface area contributed by atoms with Crippen LogP contribution in [0.3, 0.4) is 0 Å². The Kier molecular flexibility index (Phi) is 4.70. The van der Waals surface area contributed by atoms with E-state index in [1.807, 2.05) is 0 Å². The maximum atomic E-state index is 12.5. The number of hydrogen-bond donors (Lipinski definition) is 2. The van der Waals surface area contributed by atoms with Gasteiger partial charge in [-0.2, -0.15) is 0 Å². The molecular formula is C16H23N3O3S. The van der Waals surface area contributed by atoms with Crippen LogP contribution in [0.5, 0.6) is 0 Å². The zero-order valence-corrected chi connectivity index (χ0v) is 13.9. The maximum Gasteiger partial charge on any atom is 0.240 e. The van der Waals surface area contributed by atoms with Crippen molar-refractivity contribution in [2.24, 2.45) is 5.73 Å². The molecule has 7 heteroatoms. The quantitative estimate of drug-likeness (QED) is 0.868. The molecule has 1 amide bonds. The number of benzene rings is 1. The van der Waals surface area contributed by atoms with E-state index in [4.69, 9.17) is 5.73 Å². The van der Waals surface area contributed by atoms with Crippen molar-refractivity contribution in [3.05, 3.63) is 24.3 Å². The summed E-state index contributed by atoms with van der Waals surface area (Å²) >= 11 is 0. The van der Waals surface area contributed by atoms with Crippen LogP contribution in [0.1, 0.15) is 38.5 Å². The number of nitrogens with zero attached hydrogens (tertiary/aromatic N) is 1. The minimum Gasteiger partial charge on any atom is -0.328 e. The van der Waals surface area contributed by atoms with Crippen LogP contribution >= 0.6 is 0 Å². The zero-order valence-electron chi connectivity index (χ0n) is 13.1. The van der Waals surface area contributed by atoms with Gasteiger partial charge in [-0.05, 0) is 56.4 Å². The summed E-state index contributed by atoms with van der Waals surface area (Å²) in [6.45, 7) is 0.700. The molecule has 6 nitrogen and oxygen atoms in total. The van der Waals surface area contributed by atoms with Crippen LogP contribution in [0.4, 0.5) is 5.69 Å². The van der Waals surface area contributed by atoms with Crippen molar-refractivity contribution in [1.29, 1.82) is 0 Å². The van der Waals surface area contributed by atoms with Crippen molar-refractivity contribution in [2.45, 2.75) is 55.5 Å². The molecular weight excluding hydrogens is 314 g/mol. The van der Waals surface area contributed by atoms with Gasteiger partial charge in [0.15, 0.2) is 0 Å². The lowest BCUT2D eigenvalue weighted by Gasteiger charge is -2.26. The Labute approximate surface area is 137 Å². The molecule has 3 rings (SSSR count). The van der Waals surface area contributed by atoms with Gasteiger partial charge in [-0.15, -0.1) is 0 Å². The molecule has 23 heavy (non-hydrogen) atoms. The second kappa shape index (κ2) is 6.59. The number of rotatable bonds is 4. The van der Waals surface area contributed by atoms with Crippen LogP contribution in [0.2, 0.25) is 0 Å². The summed E-state index contributed by atoms with van der Waals surface area (Å²) in [5.74, 6) is 0.0947. The molecule has 0 bridgehead atoms. The van der Waals surface area contributed by atoms with E-state index in [0.717, 1.165) is 37.8 Å². The molecule has 0 aromatic heterocycles. The first kappa shape index (κ1) is 16.4. The van der Waals surface area contributed by atoms with Crippen molar-refractivity contribution in [1.82, 2.24) is 4.72 Å². The van der Waals surface area contributed by atoms with Crippen molar-refractivity contribution >= 4 is 21.6 Å². The van der Waals surface area contributed by atoms with E-state index in [9.17, 15) is 13.2 Å². The molecule has 126 valence electrons. The van der Waals surface area contributed by atoms with E-state index in [0.29, 0.717) is 13.0 Å². The first-order valence-electron chi connectivity index (χ1n) is 8.14. The molecule has 1 heterocycles. The standard InChI is InChI=1S/C16H23N3O3S/c17-12-3-5-13(6-4-12)18-23(21,22)15-9-7-14(8-10-15)19-11-1-2-16(19)20/h7-10,12-13,18H,1-6,11,17H2. The lowest BCUT2D eigenvalue weighted by molar-refractivity contribution is -0.117. The smallest absolute Gasteiger partial charge is 0.240 e. The van der Waals surface area contributed by atoms with Crippen LogP contribution in [0.25, 0.3) is 0 Å². The van der Waals surface area contributed by atoms with Crippen LogP contribution in [0, 0.1) is 0 Å². The highest BCUT2D eigenvalue weighted by Crippen LogP contribution is 2.24. The summed E-state index contributed by atoms with van der Waals surface area (Å²) in [5, 5.41) is 0. The Morgan fingerprint density at radius 1 is 1.09 bits per heavy atom. The molecule has 2 aliphatic rings. The Hall–Kier alpha value is -1.44. The number of nitrogens with two attached hydrogens (primary N) is 1. The zero-order chi connectivity index (χ0) is 16.4. The van der Waals surface area contributed by atoms with Crippen LogP contribution in [-0.2, 0) is 14.8 Å². The first-order valence-corrected chi connectivity index (χ1v) is 9.62. The molecule has 1 aliphatic heterocycles. The first-order chi connectivity index (χ1) is 11.0. The summed E-state index contributed by atoms with van der Waals surface area (Å²) in [7, 11) is -3.53. The predicted molar refractivity (Wildman–Crippen MR) is 88.6 cm³/mol. The number of nitrogens with one attached hydrogen (secondary N) is 1. The van der Waals surface area contributed by atoms with Gasteiger partial charge in [0.2, 0.25) is 15.9 Å². The molecule has 1 saturated carbocycles. The van der Waals surface area contributed by atoms with Crippen LogP contribution in [-0.4, -0.2) is 33.0 Å². The Balaban J connectivity index is 1.69. The molecule has 0 atom stereocenters. The van der Waals surface area contributed by atoms with Crippen molar-refractivity contribution in [3.63, 3.8) is 0 Å². The van der Waals surface area contributed by atoms with Gasteiger partial charge < -0.3 is 10.6 Å². The highest BCUT2D eigenvalue weighted by Gasteiger charge is 2.25. The molecule has 1 aromatic rings. The number of anilines is 1. The molecule has 0 radical (unpaired) electrons. The highest BCUT2D eigenvalue weighted by atomic mass is 32.2. The highest BCUT2D eigenvalue weighted by molar-refractivity contribution is 7.89. The third-order valence-electron chi connectivity index (χ3n) is 4.63. The fourth-order valence-corrected chi connectivity index (χ4v) is 4.56. The Bertz CT molecular complexity index is 664. The van der Waals surface area contributed by atoms with Gasteiger partial charge in [-0.1, -0.05) is 0 Å². The minimum atomic E-state index is -3.53. The lowest BCUT2D eigenvalue weighted by atomic mass is 9.93. The third-order valence-corrected chi connectivity index (χ3v) is 6.16. The number of hydrogen-bond acceptors (Lipinski definition) is 4. The number of amides is 1. The average molecular weight is 337 g/mol. The van der Waals surface area contributed by atoms with E-state index in [2.05, 4.69) is 4.72 Å². The average Bonchev–Trinajstić information content (AvgIpc) is 2.96. The van der Waals surface area contributed by atoms with Gasteiger partial charge >= 0.3 is 0 Å². The second-order valence-corrected chi connectivity index (χ2v) is 8.09. The van der Waals surface area contributed by atoms with E-state index in [1.54, 1.807) is 29.2 Å². The van der Waals surface area contributed by atoms with Crippen LogP contribution < -0.4 is 15.4 Å². The van der Waals surface area contributed by atoms with Crippen molar-refractivity contribution in [2.75, 3.05) is 11.4 Å². The number of carbonyl (C=O) groups excluding carboxylic acids is 1. The summed E-state index contributed by atoms with van der Waals surface area (Å²) in [4.78, 5) is 13.7. The summed E-state index contributed by atoms with van der Waals surface area (Å²) in [5.41, 5.74) is 6.61. The predicted octanol–water partition coefficient (Wildman–Crippen LogP) is 1.36. The largest absolute Gasteiger partial charge is 0.328 e. The minimum absolute atomic E-state index is 0.0420. The van der Waals surface area contributed by atoms with Gasteiger partial charge in [0, 0.05) is 30.7 Å². The second-order valence-electron chi connectivity index (χ2n) is 6.38. The van der Waals surface area contributed by atoms with E-state index < -0.39 is 10.0 Å². The van der Waals surface area contributed by atoms with Gasteiger partial charge in [-0.3, -0.25) is 4.79 Å². The molecule has 1 saturated heterocycles. The third kappa shape index (κ3) is 3.73. The van der Waals surface area contributed by atoms with Crippen molar-refractivity contribution < 1.29 is 13.2 Å².